The van der Waals surface area contributed by atoms with Crippen molar-refractivity contribution in [3.8, 4) is 0 Å². The summed E-state index contributed by atoms with van der Waals surface area (Å²) in [5.41, 5.74) is 5.75. The van der Waals surface area contributed by atoms with Crippen molar-refractivity contribution in [3.05, 3.63) is 0 Å². The monoisotopic (exact) mass is 185 g/mol. The number of aliphatic carboxylic acids is 1. The van der Waals surface area contributed by atoms with Crippen LogP contribution in [-0.2, 0) is 4.79 Å². The highest BCUT2D eigenvalue weighted by atomic mass is 16.4. The molecule has 0 bridgehead atoms. The summed E-state index contributed by atoms with van der Waals surface area (Å²) in [6.45, 7) is 6.54. The van der Waals surface area contributed by atoms with Crippen molar-refractivity contribution in [1.29, 1.82) is 0 Å². The Balaban J connectivity index is 2.43. The molecule has 1 saturated carbocycles. The third-order valence-electron chi connectivity index (χ3n) is 3.03. The van der Waals surface area contributed by atoms with Crippen LogP contribution in [0.2, 0.25) is 0 Å². The number of carboxylic acid groups (broad SMARTS) is 1. The van der Waals surface area contributed by atoms with Crippen molar-refractivity contribution in [1.82, 2.24) is 0 Å². The van der Waals surface area contributed by atoms with Crippen molar-refractivity contribution in [2.24, 2.45) is 17.1 Å². The number of carbonyl (C=O) groups is 1. The van der Waals surface area contributed by atoms with Crippen LogP contribution in [0.25, 0.3) is 0 Å². The van der Waals surface area contributed by atoms with Crippen LogP contribution in [-0.4, -0.2) is 16.6 Å². The van der Waals surface area contributed by atoms with Gasteiger partial charge in [-0.2, -0.15) is 0 Å². The van der Waals surface area contributed by atoms with E-state index in [0.717, 1.165) is 12.8 Å². The molecule has 13 heavy (non-hydrogen) atoms. The standard InChI is InChI=1S/C10H19NO2/c1-9(2,3)7-4-10(11,5-7)6-8(12)13/h7H,4-6,11H2,1-3H3,(H,12,13). The molecule has 0 atom stereocenters. The van der Waals surface area contributed by atoms with Gasteiger partial charge >= 0.3 is 5.97 Å². The lowest BCUT2D eigenvalue weighted by molar-refractivity contribution is -0.140. The Hall–Kier alpha value is -0.570. The fourth-order valence-electron chi connectivity index (χ4n) is 1.98. The van der Waals surface area contributed by atoms with Crippen LogP contribution in [0.5, 0.6) is 0 Å². The van der Waals surface area contributed by atoms with Gasteiger partial charge in [0, 0.05) is 5.54 Å². The largest absolute Gasteiger partial charge is 0.481 e. The summed E-state index contributed by atoms with van der Waals surface area (Å²) < 4.78 is 0. The smallest absolute Gasteiger partial charge is 0.305 e. The number of hydrogen-bond donors (Lipinski definition) is 2. The summed E-state index contributed by atoms with van der Waals surface area (Å²) in [6.07, 6.45) is 1.81. The predicted octanol–water partition coefficient (Wildman–Crippen LogP) is 1.61. The normalized spacial score (nSPS) is 34.0. The molecule has 0 radical (unpaired) electrons. The zero-order chi connectivity index (χ0) is 10.3. The summed E-state index contributed by atoms with van der Waals surface area (Å²) >= 11 is 0. The van der Waals surface area contributed by atoms with Crippen LogP contribution in [0.15, 0.2) is 0 Å². The third-order valence-corrected chi connectivity index (χ3v) is 3.03. The van der Waals surface area contributed by atoms with Crippen LogP contribution in [0.3, 0.4) is 0 Å². The van der Waals surface area contributed by atoms with Crippen LogP contribution in [0.1, 0.15) is 40.0 Å². The highest BCUT2D eigenvalue weighted by Crippen LogP contribution is 2.47. The van der Waals surface area contributed by atoms with E-state index in [0.29, 0.717) is 5.92 Å². The SMILES string of the molecule is CC(C)(C)C1CC(N)(CC(=O)O)C1. The summed E-state index contributed by atoms with van der Waals surface area (Å²) in [4.78, 5) is 10.5. The van der Waals surface area contributed by atoms with Crippen LogP contribution in [0, 0.1) is 11.3 Å². The first-order chi connectivity index (χ1) is 5.73. The van der Waals surface area contributed by atoms with Gasteiger partial charge in [-0.3, -0.25) is 4.79 Å². The Morgan fingerprint density at radius 1 is 1.54 bits per heavy atom. The Morgan fingerprint density at radius 3 is 2.31 bits per heavy atom. The maximum atomic E-state index is 10.5. The Bertz CT molecular complexity index is 211. The van der Waals surface area contributed by atoms with Gasteiger partial charge in [0.2, 0.25) is 0 Å². The molecule has 1 aliphatic rings. The lowest BCUT2D eigenvalue weighted by Gasteiger charge is -2.50. The molecule has 0 unspecified atom stereocenters. The van der Waals surface area contributed by atoms with E-state index in [-0.39, 0.29) is 11.8 Å². The Labute approximate surface area is 79.3 Å². The molecule has 76 valence electrons. The van der Waals surface area contributed by atoms with Gasteiger partial charge in [-0.25, -0.2) is 0 Å². The minimum Gasteiger partial charge on any atom is -0.481 e. The fraction of sp³-hybridized carbons (Fsp3) is 0.900. The van der Waals surface area contributed by atoms with E-state index < -0.39 is 11.5 Å². The molecule has 3 nitrogen and oxygen atoms in total. The number of hydrogen-bond acceptors (Lipinski definition) is 2. The van der Waals surface area contributed by atoms with Crippen molar-refractivity contribution in [2.75, 3.05) is 0 Å². The van der Waals surface area contributed by atoms with Crippen LogP contribution >= 0.6 is 0 Å². The van der Waals surface area contributed by atoms with Crippen molar-refractivity contribution in [3.63, 3.8) is 0 Å². The summed E-state index contributed by atoms with van der Waals surface area (Å²) in [5.74, 6) is -0.202. The first-order valence-electron chi connectivity index (χ1n) is 4.74. The molecule has 3 N–H and O–H groups in total. The van der Waals surface area contributed by atoms with E-state index in [2.05, 4.69) is 20.8 Å². The Morgan fingerprint density at radius 2 is 2.00 bits per heavy atom. The van der Waals surface area contributed by atoms with Crippen molar-refractivity contribution >= 4 is 5.97 Å². The highest BCUT2D eigenvalue weighted by molar-refractivity contribution is 5.68. The molecule has 0 spiro atoms. The molecule has 3 heteroatoms. The lowest BCUT2D eigenvalue weighted by atomic mass is 9.58. The van der Waals surface area contributed by atoms with E-state index in [1.54, 1.807) is 0 Å². The van der Waals surface area contributed by atoms with Gasteiger partial charge in [-0.15, -0.1) is 0 Å². The minimum absolute atomic E-state index is 0.111. The van der Waals surface area contributed by atoms with E-state index in [1.165, 1.54) is 0 Å². The van der Waals surface area contributed by atoms with Gasteiger partial charge in [0.1, 0.15) is 0 Å². The maximum absolute atomic E-state index is 10.5. The minimum atomic E-state index is -0.783. The zero-order valence-corrected chi connectivity index (χ0v) is 8.63. The van der Waals surface area contributed by atoms with Crippen LogP contribution in [0.4, 0.5) is 0 Å². The summed E-state index contributed by atoms with van der Waals surface area (Å²) in [6, 6.07) is 0. The Kier molecular flexibility index (Phi) is 2.41. The zero-order valence-electron chi connectivity index (χ0n) is 8.63. The first-order valence-corrected chi connectivity index (χ1v) is 4.74. The third kappa shape index (κ3) is 2.44. The molecular weight excluding hydrogens is 166 g/mol. The van der Waals surface area contributed by atoms with Gasteiger partial charge in [0.05, 0.1) is 6.42 Å². The second-order valence-corrected chi connectivity index (χ2v) is 5.40. The average molecular weight is 185 g/mol. The molecule has 0 aromatic heterocycles. The number of nitrogens with two attached hydrogens (primary N) is 1. The molecule has 0 amide bonds. The molecule has 0 aromatic carbocycles. The van der Waals surface area contributed by atoms with E-state index in [9.17, 15) is 4.79 Å². The molecule has 1 fully saturated rings. The molecule has 0 aliphatic heterocycles. The number of rotatable bonds is 2. The highest BCUT2D eigenvalue weighted by Gasteiger charge is 2.46. The number of carboxylic acids is 1. The second kappa shape index (κ2) is 2.98. The van der Waals surface area contributed by atoms with Gasteiger partial charge in [-0.05, 0) is 24.2 Å². The molecule has 0 aromatic rings. The van der Waals surface area contributed by atoms with E-state index in [1.807, 2.05) is 0 Å². The first kappa shape index (κ1) is 10.5. The fourth-order valence-corrected chi connectivity index (χ4v) is 1.98. The van der Waals surface area contributed by atoms with Gasteiger partial charge in [0.15, 0.2) is 0 Å². The van der Waals surface area contributed by atoms with Crippen molar-refractivity contribution < 1.29 is 9.90 Å². The average Bonchev–Trinajstić information content (AvgIpc) is 1.78. The molecular formula is C10H19NO2. The van der Waals surface area contributed by atoms with E-state index in [4.69, 9.17) is 10.8 Å². The summed E-state index contributed by atoms with van der Waals surface area (Å²) in [5, 5.41) is 8.62. The molecule has 1 rings (SSSR count). The predicted molar refractivity (Wildman–Crippen MR) is 51.4 cm³/mol. The van der Waals surface area contributed by atoms with E-state index >= 15 is 0 Å². The van der Waals surface area contributed by atoms with Gasteiger partial charge < -0.3 is 10.8 Å². The molecule has 0 heterocycles. The maximum Gasteiger partial charge on any atom is 0.305 e. The second-order valence-electron chi connectivity index (χ2n) is 5.40. The lowest BCUT2D eigenvalue weighted by Crippen LogP contribution is -2.56. The quantitative estimate of drug-likeness (QED) is 0.687. The molecule has 1 aliphatic carbocycles. The topological polar surface area (TPSA) is 63.3 Å². The molecule has 0 saturated heterocycles. The van der Waals surface area contributed by atoms with Crippen LogP contribution < -0.4 is 5.73 Å². The van der Waals surface area contributed by atoms with Crippen molar-refractivity contribution in [2.45, 2.75) is 45.6 Å². The van der Waals surface area contributed by atoms with Gasteiger partial charge in [0.25, 0.3) is 0 Å². The summed E-state index contributed by atoms with van der Waals surface area (Å²) in [7, 11) is 0. The van der Waals surface area contributed by atoms with Gasteiger partial charge in [-0.1, -0.05) is 20.8 Å².